The molecule has 18 heteroatoms. The van der Waals surface area contributed by atoms with Gasteiger partial charge in [0, 0.05) is 44.0 Å². The number of phenolic OH excluding ortho intramolecular Hbond substituents is 2. The van der Waals surface area contributed by atoms with E-state index in [4.69, 9.17) is 0 Å². The van der Waals surface area contributed by atoms with Crippen molar-refractivity contribution >= 4 is 88.2 Å². The number of carbonyl (C=O) groups is 4. The molecule has 0 radical (unpaired) electrons. The Kier molecular flexibility index (Phi) is 10.2. The fourth-order valence-electron chi connectivity index (χ4n) is 6.00. The van der Waals surface area contributed by atoms with Gasteiger partial charge in [0.2, 0.25) is 0 Å². The number of fused-ring (bicyclic) bond motifs is 2. The summed E-state index contributed by atoms with van der Waals surface area (Å²) in [4.78, 5) is 51.8. The summed E-state index contributed by atoms with van der Waals surface area (Å²) in [6.07, 6.45) is 0. The second-order valence-electron chi connectivity index (χ2n) is 12.4. The van der Waals surface area contributed by atoms with E-state index in [1.54, 1.807) is 13.8 Å². The Morgan fingerprint density at radius 3 is 1.23 bits per heavy atom. The molecule has 0 unspecified atom stereocenters. The number of aryl methyl sites for hydroxylation is 2. The number of carbonyl (C=O) groups excluding carboxylic acids is 4. The molecule has 0 spiro atoms. The maximum Gasteiger partial charge on any atom is 0.314 e. The van der Waals surface area contributed by atoms with Gasteiger partial charge in [-0.2, -0.15) is 16.8 Å². The number of rotatable bonds is 8. The van der Waals surface area contributed by atoms with Crippen molar-refractivity contribution in [3.05, 3.63) is 119 Å². The molecule has 6 aromatic rings. The fraction of sp³-hybridized carbons (Fsp3) is 0.0526. The molecule has 286 valence electrons. The van der Waals surface area contributed by atoms with Crippen molar-refractivity contribution in [1.29, 1.82) is 0 Å². The van der Waals surface area contributed by atoms with Crippen molar-refractivity contribution in [2.45, 2.75) is 23.6 Å². The molecule has 6 rings (SSSR count). The van der Waals surface area contributed by atoms with Crippen LogP contribution < -0.4 is 21.3 Å². The van der Waals surface area contributed by atoms with Gasteiger partial charge >= 0.3 is 11.8 Å². The fourth-order valence-corrected chi connectivity index (χ4v) is 7.45. The number of anilines is 4. The van der Waals surface area contributed by atoms with Crippen molar-refractivity contribution in [3.8, 4) is 11.5 Å². The molecule has 4 amide bonds. The van der Waals surface area contributed by atoms with E-state index in [0.29, 0.717) is 11.1 Å². The third kappa shape index (κ3) is 7.84. The minimum Gasteiger partial charge on any atom is -0.507 e. The van der Waals surface area contributed by atoms with Crippen LogP contribution in [0, 0.1) is 13.8 Å². The van der Waals surface area contributed by atoms with Crippen LogP contribution in [0.5, 0.6) is 11.5 Å². The largest absolute Gasteiger partial charge is 0.507 e. The Bertz CT molecular complexity index is 2700. The van der Waals surface area contributed by atoms with Crippen LogP contribution in [0.25, 0.3) is 21.5 Å². The lowest BCUT2D eigenvalue weighted by molar-refractivity contribution is -0.132. The Labute approximate surface area is 318 Å². The average Bonchev–Trinajstić information content (AvgIpc) is 3.14. The smallest absolute Gasteiger partial charge is 0.314 e. The van der Waals surface area contributed by atoms with Crippen molar-refractivity contribution in [2.75, 3.05) is 21.3 Å². The first kappa shape index (κ1) is 38.9. The van der Waals surface area contributed by atoms with E-state index in [1.807, 2.05) is 0 Å². The first-order valence-electron chi connectivity index (χ1n) is 16.2. The zero-order valence-corrected chi connectivity index (χ0v) is 30.7. The van der Waals surface area contributed by atoms with E-state index in [0.717, 1.165) is 12.1 Å². The molecule has 0 aromatic heterocycles. The summed E-state index contributed by atoms with van der Waals surface area (Å²) in [5.74, 6) is -4.40. The molecule has 0 aliphatic rings. The molecule has 0 bridgehead atoms. The van der Waals surface area contributed by atoms with Crippen LogP contribution in [0.1, 0.15) is 31.8 Å². The molecule has 0 saturated carbocycles. The third-order valence-corrected chi connectivity index (χ3v) is 10.5. The van der Waals surface area contributed by atoms with E-state index in [-0.39, 0.29) is 66.9 Å². The monoisotopic (exact) mass is 798 g/mol. The normalized spacial score (nSPS) is 11.6. The first-order chi connectivity index (χ1) is 26.3. The van der Waals surface area contributed by atoms with Gasteiger partial charge in [0.05, 0.1) is 11.4 Å². The standard InChI is InChI=1S/C38H30N4O12S2/c1-19-9-11-21(17-25(19)35(45)41-27-13-15-29(43)23-5-3-7-31(33(23)27)55(49,50)51)39-37(47)38(48)40-22-12-10-20(2)26(18-22)36(46)42-28-14-16-30(44)24-6-4-8-32(34(24)28)56(52,53)54/h3-18,43-44H,1-2H3,(H,39,47)(H,40,48)(H,41,45)(H,42,46)(H,49,50,51)(H,52,53,54). The maximum atomic E-state index is 13.4. The Morgan fingerprint density at radius 2 is 0.875 bits per heavy atom. The lowest BCUT2D eigenvalue weighted by Crippen LogP contribution is -2.29. The molecule has 0 atom stereocenters. The Hall–Kier alpha value is -6.86. The second kappa shape index (κ2) is 14.8. The van der Waals surface area contributed by atoms with Crippen LogP contribution >= 0.6 is 0 Å². The van der Waals surface area contributed by atoms with Crippen LogP contribution in [0.3, 0.4) is 0 Å². The number of nitrogens with one attached hydrogen (secondary N) is 4. The van der Waals surface area contributed by atoms with Crippen molar-refractivity contribution in [2.24, 2.45) is 0 Å². The van der Waals surface area contributed by atoms with Crippen LogP contribution in [-0.4, -0.2) is 59.8 Å². The van der Waals surface area contributed by atoms with Crippen LogP contribution in [-0.2, 0) is 29.8 Å². The molecule has 56 heavy (non-hydrogen) atoms. The van der Waals surface area contributed by atoms with Gasteiger partial charge in [-0.15, -0.1) is 0 Å². The molecule has 16 nitrogen and oxygen atoms in total. The van der Waals surface area contributed by atoms with Crippen LogP contribution in [0.4, 0.5) is 22.7 Å². The van der Waals surface area contributed by atoms with Gasteiger partial charge in [-0.05, 0) is 85.6 Å². The second-order valence-corrected chi connectivity index (χ2v) is 15.2. The average molecular weight is 799 g/mol. The molecule has 0 aliphatic heterocycles. The molecular formula is C38H30N4O12S2. The minimum absolute atomic E-state index is 0.0214. The van der Waals surface area contributed by atoms with Gasteiger partial charge < -0.3 is 31.5 Å². The number of hydrogen-bond acceptors (Lipinski definition) is 10. The molecule has 0 aliphatic carbocycles. The highest BCUT2D eigenvalue weighted by Crippen LogP contribution is 2.37. The van der Waals surface area contributed by atoms with Gasteiger partial charge in [0.1, 0.15) is 21.3 Å². The lowest BCUT2D eigenvalue weighted by atomic mass is 10.0. The minimum atomic E-state index is -4.77. The number of benzene rings is 6. The van der Waals surface area contributed by atoms with Crippen molar-refractivity contribution < 1.29 is 55.3 Å². The highest BCUT2D eigenvalue weighted by atomic mass is 32.2. The maximum absolute atomic E-state index is 13.4. The SMILES string of the molecule is Cc1ccc(NC(=O)C(=O)Nc2ccc(C)c(C(=O)Nc3ccc(O)c4cccc(S(=O)(=O)O)c34)c2)cc1C(=O)Nc1ccc(O)c2cccc(S(=O)(=O)O)c12. The summed E-state index contributed by atoms with van der Waals surface area (Å²) >= 11 is 0. The number of aromatic hydroxyl groups is 2. The van der Waals surface area contributed by atoms with E-state index in [2.05, 4.69) is 21.3 Å². The summed E-state index contributed by atoms with van der Waals surface area (Å²) in [6, 6.07) is 21.0. The summed E-state index contributed by atoms with van der Waals surface area (Å²) in [7, 11) is -9.53. The molecule has 0 fully saturated rings. The number of amides is 4. The molecule has 0 saturated heterocycles. The number of phenols is 2. The zero-order valence-electron chi connectivity index (χ0n) is 29.1. The summed E-state index contributed by atoms with van der Waals surface area (Å²) < 4.78 is 67.9. The van der Waals surface area contributed by atoms with E-state index in [1.165, 1.54) is 84.9 Å². The quantitative estimate of drug-likeness (QED) is 0.0532. The summed E-state index contributed by atoms with van der Waals surface area (Å²) in [6.45, 7) is 3.18. The van der Waals surface area contributed by atoms with E-state index in [9.17, 15) is 55.3 Å². The van der Waals surface area contributed by atoms with Crippen LogP contribution in [0.2, 0.25) is 0 Å². The van der Waals surface area contributed by atoms with Gasteiger partial charge in [0.25, 0.3) is 32.1 Å². The molecule has 8 N–H and O–H groups in total. The molecular weight excluding hydrogens is 769 g/mol. The van der Waals surface area contributed by atoms with Gasteiger partial charge in [-0.3, -0.25) is 28.3 Å². The van der Waals surface area contributed by atoms with Gasteiger partial charge in [0.15, 0.2) is 0 Å². The molecule has 0 heterocycles. The first-order valence-corrected chi connectivity index (χ1v) is 19.1. The topological polar surface area (TPSA) is 266 Å². The Morgan fingerprint density at radius 1 is 0.500 bits per heavy atom. The predicted molar refractivity (Wildman–Crippen MR) is 206 cm³/mol. The van der Waals surface area contributed by atoms with E-state index < -0.39 is 53.7 Å². The number of hydrogen-bond donors (Lipinski definition) is 8. The highest BCUT2D eigenvalue weighted by molar-refractivity contribution is 7.86. The zero-order chi connectivity index (χ0) is 40.7. The Balaban J connectivity index is 1.19. The van der Waals surface area contributed by atoms with Gasteiger partial charge in [-0.25, -0.2) is 0 Å². The van der Waals surface area contributed by atoms with Crippen LogP contribution in [0.15, 0.2) is 107 Å². The highest BCUT2D eigenvalue weighted by Gasteiger charge is 2.23. The summed E-state index contributed by atoms with van der Waals surface area (Å²) in [5.41, 5.74) is 0.880. The van der Waals surface area contributed by atoms with Crippen molar-refractivity contribution in [1.82, 2.24) is 0 Å². The third-order valence-electron chi connectivity index (χ3n) is 8.70. The lowest BCUT2D eigenvalue weighted by Gasteiger charge is -2.15. The van der Waals surface area contributed by atoms with Crippen molar-refractivity contribution in [3.63, 3.8) is 0 Å². The molecule has 6 aromatic carbocycles. The predicted octanol–water partition coefficient (Wildman–Crippen LogP) is 5.60. The summed E-state index contributed by atoms with van der Waals surface area (Å²) in [5, 5.41) is 30.3. The van der Waals surface area contributed by atoms with E-state index >= 15 is 0 Å². The van der Waals surface area contributed by atoms with Gasteiger partial charge in [-0.1, -0.05) is 36.4 Å².